The zero-order valence-electron chi connectivity index (χ0n) is 12.5. The van der Waals surface area contributed by atoms with Gasteiger partial charge < -0.3 is 14.2 Å². The minimum Gasteiger partial charge on any atom is -0.465 e. The molecule has 0 aromatic carbocycles. The van der Waals surface area contributed by atoms with Gasteiger partial charge in [0.15, 0.2) is 0 Å². The number of esters is 1. The molecule has 0 saturated heterocycles. The van der Waals surface area contributed by atoms with Crippen LogP contribution in [-0.2, 0) is 14.9 Å². The molecule has 2 rings (SSSR count). The van der Waals surface area contributed by atoms with Crippen molar-refractivity contribution < 1.29 is 14.1 Å². The molecule has 0 N–H and O–H groups in total. The number of anilines is 1. The summed E-state index contributed by atoms with van der Waals surface area (Å²) in [5.41, 5.74) is -0.756. The standard InChI is InChI=1S/C14H23N3O3/c1-4-19-12(18)14(9-7-5-6-8-10-14)11-15-13(16-20-11)17(2)3/h4-10H2,1-3H3. The maximum absolute atomic E-state index is 12.5. The molecule has 1 aromatic heterocycles. The summed E-state index contributed by atoms with van der Waals surface area (Å²) in [5, 5.41) is 3.94. The Bertz CT molecular complexity index is 448. The molecular formula is C14H23N3O3. The van der Waals surface area contributed by atoms with Gasteiger partial charge in [0.05, 0.1) is 6.61 Å². The van der Waals surface area contributed by atoms with Gasteiger partial charge in [-0.2, -0.15) is 4.98 Å². The van der Waals surface area contributed by atoms with Crippen LogP contribution in [0.5, 0.6) is 0 Å². The topological polar surface area (TPSA) is 68.5 Å². The lowest BCUT2D eigenvalue weighted by Gasteiger charge is -2.25. The van der Waals surface area contributed by atoms with E-state index >= 15 is 0 Å². The number of nitrogens with zero attached hydrogens (tertiary/aromatic N) is 3. The average Bonchev–Trinajstić information content (AvgIpc) is 2.79. The highest BCUT2D eigenvalue weighted by Crippen LogP contribution is 2.39. The minimum atomic E-state index is -0.756. The Labute approximate surface area is 119 Å². The third-order valence-corrected chi connectivity index (χ3v) is 3.85. The van der Waals surface area contributed by atoms with Crippen LogP contribution < -0.4 is 4.90 Å². The Balaban J connectivity index is 2.35. The molecule has 1 aliphatic rings. The first-order valence-corrected chi connectivity index (χ1v) is 7.29. The third-order valence-electron chi connectivity index (χ3n) is 3.85. The second-order valence-corrected chi connectivity index (χ2v) is 5.51. The molecule has 0 aliphatic heterocycles. The Morgan fingerprint density at radius 2 is 1.95 bits per heavy atom. The molecule has 20 heavy (non-hydrogen) atoms. The van der Waals surface area contributed by atoms with Crippen molar-refractivity contribution in [3.63, 3.8) is 0 Å². The number of carbonyl (C=O) groups is 1. The molecule has 0 radical (unpaired) electrons. The lowest BCUT2D eigenvalue weighted by molar-refractivity contribution is -0.152. The first-order valence-electron chi connectivity index (χ1n) is 7.29. The molecule has 1 aliphatic carbocycles. The molecule has 112 valence electrons. The summed E-state index contributed by atoms with van der Waals surface area (Å²) >= 11 is 0. The molecule has 0 atom stereocenters. The molecule has 6 nitrogen and oxygen atoms in total. The van der Waals surface area contributed by atoms with E-state index in [-0.39, 0.29) is 5.97 Å². The van der Waals surface area contributed by atoms with Gasteiger partial charge >= 0.3 is 5.97 Å². The van der Waals surface area contributed by atoms with E-state index in [1.807, 2.05) is 21.0 Å². The average molecular weight is 281 g/mol. The van der Waals surface area contributed by atoms with Crippen LogP contribution in [0.2, 0.25) is 0 Å². The maximum atomic E-state index is 12.5. The number of hydrogen-bond donors (Lipinski definition) is 0. The van der Waals surface area contributed by atoms with Crippen LogP contribution in [0.4, 0.5) is 5.95 Å². The zero-order valence-corrected chi connectivity index (χ0v) is 12.5. The predicted molar refractivity (Wildman–Crippen MR) is 74.6 cm³/mol. The van der Waals surface area contributed by atoms with E-state index in [2.05, 4.69) is 10.1 Å². The van der Waals surface area contributed by atoms with Crippen LogP contribution >= 0.6 is 0 Å². The lowest BCUT2D eigenvalue weighted by atomic mass is 9.80. The van der Waals surface area contributed by atoms with Gasteiger partial charge in [-0.25, -0.2) is 0 Å². The van der Waals surface area contributed by atoms with Crippen molar-refractivity contribution in [2.75, 3.05) is 25.6 Å². The number of aromatic nitrogens is 2. The maximum Gasteiger partial charge on any atom is 0.321 e. The van der Waals surface area contributed by atoms with Crippen molar-refractivity contribution in [1.29, 1.82) is 0 Å². The molecular weight excluding hydrogens is 258 g/mol. The summed E-state index contributed by atoms with van der Waals surface area (Å²) in [6, 6.07) is 0. The molecule has 6 heteroatoms. The largest absolute Gasteiger partial charge is 0.465 e. The molecule has 0 unspecified atom stereocenters. The zero-order chi connectivity index (χ0) is 14.6. The summed E-state index contributed by atoms with van der Waals surface area (Å²) in [6.07, 6.45) is 5.68. The van der Waals surface area contributed by atoms with Gasteiger partial charge in [-0.05, 0) is 24.9 Å². The van der Waals surface area contributed by atoms with Gasteiger partial charge in [-0.1, -0.05) is 25.7 Å². The van der Waals surface area contributed by atoms with Crippen molar-refractivity contribution in [3.05, 3.63) is 5.89 Å². The van der Waals surface area contributed by atoms with Crippen LogP contribution in [0.15, 0.2) is 4.52 Å². The number of carbonyl (C=O) groups excluding carboxylic acids is 1. The molecule has 0 bridgehead atoms. The highest BCUT2D eigenvalue weighted by molar-refractivity contribution is 5.82. The quantitative estimate of drug-likeness (QED) is 0.623. The van der Waals surface area contributed by atoms with Gasteiger partial charge in [0, 0.05) is 14.1 Å². The first kappa shape index (κ1) is 14.8. The fraction of sp³-hybridized carbons (Fsp3) is 0.786. The number of hydrogen-bond acceptors (Lipinski definition) is 6. The second-order valence-electron chi connectivity index (χ2n) is 5.51. The fourth-order valence-corrected chi connectivity index (χ4v) is 2.70. The van der Waals surface area contributed by atoms with E-state index in [1.165, 1.54) is 0 Å². The Morgan fingerprint density at radius 3 is 2.45 bits per heavy atom. The second kappa shape index (κ2) is 6.24. The summed E-state index contributed by atoms with van der Waals surface area (Å²) in [7, 11) is 3.69. The Kier molecular flexibility index (Phi) is 4.62. The third kappa shape index (κ3) is 2.78. The van der Waals surface area contributed by atoms with Crippen molar-refractivity contribution in [1.82, 2.24) is 10.1 Å². The summed E-state index contributed by atoms with van der Waals surface area (Å²) in [6.45, 7) is 2.19. The van der Waals surface area contributed by atoms with Gasteiger partial charge in [0.25, 0.3) is 5.95 Å². The lowest BCUT2D eigenvalue weighted by Crippen LogP contribution is -2.37. The van der Waals surface area contributed by atoms with E-state index in [4.69, 9.17) is 9.26 Å². The van der Waals surface area contributed by atoms with E-state index in [0.717, 1.165) is 38.5 Å². The first-order chi connectivity index (χ1) is 9.60. The monoisotopic (exact) mass is 281 g/mol. The van der Waals surface area contributed by atoms with E-state index in [1.54, 1.807) is 4.90 Å². The van der Waals surface area contributed by atoms with Crippen LogP contribution in [0.25, 0.3) is 0 Å². The normalized spacial score (nSPS) is 18.4. The van der Waals surface area contributed by atoms with Crippen LogP contribution in [0, 0.1) is 0 Å². The summed E-state index contributed by atoms with van der Waals surface area (Å²) in [4.78, 5) is 18.7. The SMILES string of the molecule is CCOC(=O)C1(c2nc(N(C)C)no2)CCCCCC1. The van der Waals surface area contributed by atoms with Gasteiger partial charge in [-0.3, -0.25) is 4.79 Å². The van der Waals surface area contributed by atoms with Crippen molar-refractivity contribution in [3.8, 4) is 0 Å². The van der Waals surface area contributed by atoms with E-state index < -0.39 is 5.41 Å². The van der Waals surface area contributed by atoms with Gasteiger partial charge in [-0.15, -0.1) is 0 Å². The van der Waals surface area contributed by atoms with Crippen molar-refractivity contribution in [2.24, 2.45) is 0 Å². The summed E-state index contributed by atoms with van der Waals surface area (Å²) in [5.74, 6) is 0.672. The van der Waals surface area contributed by atoms with Gasteiger partial charge in [0.1, 0.15) is 5.41 Å². The van der Waals surface area contributed by atoms with Crippen molar-refractivity contribution in [2.45, 2.75) is 50.9 Å². The number of ether oxygens (including phenoxy) is 1. The molecule has 0 amide bonds. The highest BCUT2D eigenvalue weighted by atomic mass is 16.5. The molecule has 1 fully saturated rings. The molecule has 1 saturated carbocycles. The Morgan fingerprint density at radius 1 is 1.30 bits per heavy atom. The van der Waals surface area contributed by atoms with Gasteiger partial charge in [0.2, 0.25) is 5.89 Å². The predicted octanol–water partition coefficient (Wildman–Crippen LogP) is 2.29. The number of rotatable bonds is 4. The van der Waals surface area contributed by atoms with Crippen LogP contribution in [0.3, 0.4) is 0 Å². The molecule has 1 aromatic rings. The highest BCUT2D eigenvalue weighted by Gasteiger charge is 2.46. The minimum absolute atomic E-state index is 0.226. The smallest absolute Gasteiger partial charge is 0.321 e. The van der Waals surface area contributed by atoms with Crippen LogP contribution in [-0.4, -0.2) is 36.8 Å². The molecule has 0 spiro atoms. The van der Waals surface area contributed by atoms with E-state index in [0.29, 0.717) is 18.4 Å². The fourth-order valence-electron chi connectivity index (χ4n) is 2.70. The molecule has 1 heterocycles. The van der Waals surface area contributed by atoms with E-state index in [9.17, 15) is 4.79 Å². The van der Waals surface area contributed by atoms with Crippen LogP contribution in [0.1, 0.15) is 51.3 Å². The van der Waals surface area contributed by atoms with Crippen molar-refractivity contribution >= 4 is 11.9 Å². The summed E-state index contributed by atoms with van der Waals surface area (Å²) < 4.78 is 10.7. The Hall–Kier alpha value is -1.59.